The van der Waals surface area contributed by atoms with Crippen LogP contribution in [-0.4, -0.2) is 15.7 Å². The molecule has 1 N–H and O–H groups in total. The van der Waals surface area contributed by atoms with Gasteiger partial charge in [0.05, 0.1) is 5.69 Å². The number of carbonyl (C=O) groups excluding carboxylic acids is 1. The summed E-state index contributed by atoms with van der Waals surface area (Å²) in [5.41, 5.74) is -0.635. The molecule has 0 saturated carbocycles. The molecule has 0 aliphatic rings. The van der Waals surface area contributed by atoms with Crippen LogP contribution in [0.15, 0.2) is 24.3 Å². The summed E-state index contributed by atoms with van der Waals surface area (Å²) >= 11 is 0. The van der Waals surface area contributed by atoms with Crippen molar-refractivity contribution in [1.82, 2.24) is 9.78 Å². The van der Waals surface area contributed by atoms with Crippen LogP contribution in [0, 0.1) is 12.9 Å². The Bertz CT molecular complexity index is 753. The molecule has 0 radical (unpaired) electrons. The van der Waals surface area contributed by atoms with Gasteiger partial charge in [-0.1, -0.05) is 38.0 Å². The van der Waals surface area contributed by atoms with Gasteiger partial charge < -0.3 is 5.32 Å². The molecule has 0 spiro atoms. The van der Waals surface area contributed by atoms with E-state index < -0.39 is 17.5 Å². The number of aromatic nitrogens is 2. The Morgan fingerprint density at radius 3 is 2.60 bits per heavy atom. The van der Waals surface area contributed by atoms with Crippen molar-refractivity contribution in [2.75, 3.05) is 5.32 Å². The van der Waals surface area contributed by atoms with Crippen molar-refractivity contribution < 1.29 is 13.6 Å². The number of nitrogens with zero attached hydrogens (tertiary/aromatic N) is 2. The van der Waals surface area contributed by atoms with Crippen molar-refractivity contribution in [3.63, 3.8) is 0 Å². The number of carbonyl (C=O) groups is 1. The number of aryl methyl sites for hydroxylation is 2. The highest BCUT2D eigenvalue weighted by Crippen LogP contribution is 2.36. The summed E-state index contributed by atoms with van der Waals surface area (Å²) < 4.78 is 30.3. The lowest BCUT2D eigenvalue weighted by atomic mass is 9.90. The molecular formula is C19H25F2N3O. The minimum Gasteiger partial charge on any atom is -0.321 e. The quantitative estimate of drug-likeness (QED) is 0.724. The normalized spacial score (nSPS) is 13.5. The number of benzene rings is 1. The van der Waals surface area contributed by atoms with E-state index in [1.807, 2.05) is 0 Å². The van der Waals surface area contributed by atoms with Gasteiger partial charge in [0, 0.05) is 18.3 Å². The fourth-order valence-corrected chi connectivity index (χ4v) is 2.96. The van der Waals surface area contributed by atoms with E-state index in [2.05, 4.69) is 17.3 Å². The van der Waals surface area contributed by atoms with Crippen LogP contribution in [0.2, 0.25) is 0 Å². The Kier molecular flexibility index (Phi) is 5.93. The molecule has 1 atom stereocenters. The van der Waals surface area contributed by atoms with E-state index in [9.17, 15) is 9.18 Å². The van der Waals surface area contributed by atoms with Gasteiger partial charge >= 0.3 is 0 Å². The van der Waals surface area contributed by atoms with Crippen molar-refractivity contribution in [2.24, 2.45) is 7.05 Å². The van der Waals surface area contributed by atoms with Crippen LogP contribution in [0.25, 0.3) is 0 Å². The summed E-state index contributed by atoms with van der Waals surface area (Å²) in [5.74, 6) is -1.33. The van der Waals surface area contributed by atoms with Crippen LogP contribution in [0.3, 0.4) is 0 Å². The van der Waals surface area contributed by atoms with Crippen LogP contribution in [0.4, 0.5) is 14.5 Å². The molecule has 1 heterocycles. The first kappa shape index (κ1) is 19.1. The number of alkyl halides is 1. The third kappa shape index (κ3) is 4.24. The molecular weight excluding hydrogens is 324 g/mol. The number of amides is 1. The second kappa shape index (κ2) is 7.76. The summed E-state index contributed by atoms with van der Waals surface area (Å²) in [7, 11) is 1.43. The molecule has 1 unspecified atom stereocenters. The number of anilines is 1. The van der Waals surface area contributed by atoms with Crippen LogP contribution in [0.5, 0.6) is 0 Å². The summed E-state index contributed by atoms with van der Waals surface area (Å²) in [6.45, 7) is 5.14. The number of rotatable bonds is 7. The number of unbranched alkanes of at least 4 members (excludes halogenated alkanes) is 2. The lowest BCUT2D eigenvalue weighted by Crippen LogP contribution is -2.21. The molecule has 0 saturated heterocycles. The minimum atomic E-state index is -1.57. The summed E-state index contributed by atoms with van der Waals surface area (Å²) in [5, 5.41) is 6.55. The SMILES string of the molecule is CCCCCC(C)(F)c1ccccc1NC(=O)c1c(C)nn(C)c1F. The number of para-hydroxylation sites is 1. The molecule has 1 aromatic carbocycles. The zero-order valence-electron chi connectivity index (χ0n) is 15.2. The third-order valence-electron chi connectivity index (χ3n) is 4.37. The van der Waals surface area contributed by atoms with Gasteiger partial charge in [0.25, 0.3) is 5.91 Å². The molecule has 136 valence electrons. The first-order valence-electron chi connectivity index (χ1n) is 8.56. The highest BCUT2D eigenvalue weighted by Gasteiger charge is 2.29. The first-order valence-corrected chi connectivity index (χ1v) is 8.56. The summed E-state index contributed by atoms with van der Waals surface area (Å²) in [6, 6.07) is 6.74. The van der Waals surface area contributed by atoms with Crippen molar-refractivity contribution in [1.29, 1.82) is 0 Å². The van der Waals surface area contributed by atoms with E-state index >= 15 is 4.39 Å². The van der Waals surface area contributed by atoms with Crippen molar-refractivity contribution in [2.45, 2.75) is 52.1 Å². The molecule has 2 aromatic rings. The average Bonchev–Trinajstić information content (AvgIpc) is 2.80. The van der Waals surface area contributed by atoms with Gasteiger partial charge in [-0.3, -0.25) is 4.79 Å². The van der Waals surface area contributed by atoms with E-state index in [1.54, 1.807) is 31.2 Å². The Balaban J connectivity index is 2.27. The minimum absolute atomic E-state index is 0.121. The molecule has 6 heteroatoms. The second-order valence-electron chi connectivity index (χ2n) is 6.53. The molecule has 1 aromatic heterocycles. The zero-order chi connectivity index (χ0) is 18.6. The van der Waals surface area contributed by atoms with Crippen LogP contribution >= 0.6 is 0 Å². The molecule has 0 bridgehead atoms. The largest absolute Gasteiger partial charge is 0.321 e. The molecule has 0 fully saturated rings. The topological polar surface area (TPSA) is 46.9 Å². The van der Waals surface area contributed by atoms with E-state index in [1.165, 1.54) is 14.0 Å². The van der Waals surface area contributed by atoms with Crippen LogP contribution in [0.1, 0.15) is 61.1 Å². The predicted molar refractivity (Wildman–Crippen MR) is 94.9 cm³/mol. The Morgan fingerprint density at radius 1 is 1.32 bits per heavy atom. The highest BCUT2D eigenvalue weighted by atomic mass is 19.1. The number of nitrogens with one attached hydrogen (secondary N) is 1. The maximum absolute atomic E-state index is 15.2. The fourth-order valence-electron chi connectivity index (χ4n) is 2.96. The number of hydrogen-bond acceptors (Lipinski definition) is 2. The third-order valence-corrected chi connectivity index (χ3v) is 4.37. The van der Waals surface area contributed by atoms with Crippen LogP contribution < -0.4 is 5.32 Å². The van der Waals surface area contributed by atoms with Crippen molar-refractivity contribution in [3.05, 3.63) is 47.0 Å². The van der Waals surface area contributed by atoms with Gasteiger partial charge in [0.1, 0.15) is 11.2 Å². The van der Waals surface area contributed by atoms with E-state index in [0.29, 0.717) is 23.4 Å². The molecule has 25 heavy (non-hydrogen) atoms. The standard InChI is InChI=1S/C19H25F2N3O/c1-5-6-9-12-19(3,21)14-10-7-8-11-15(14)22-18(25)16-13(2)23-24(4)17(16)20/h7-8,10-11H,5-6,9,12H2,1-4H3,(H,22,25). The molecule has 0 aliphatic carbocycles. The highest BCUT2D eigenvalue weighted by molar-refractivity contribution is 6.05. The lowest BCUT2D eigenvalue weighted by Gasteiger charge is -2.24. The number of halogens is 2. The molecule has 4 nitrogen and oxygen atoms in total. The average molecular weight is 349 g/mol. The van der Waals surface area contributed by atoms with Gasteiger partial charge in [-0.05, 0) is 32.8 Å². The maximum Gasteiger partial charge on any atom is 0.262 e. The molecule has 1 amide bonds. The Labute approximate surface area is 147 Å². The first-order chi connectivity index (χ1) is 11.8. The van der Waals surface area contributed by atoms with Crippen LogP contribution in [-0.2, 0) is 12.7 Å². The Morgan fingerprint density at radius 2 is 2.00 bits per heavy atom. The summed E-state index contributed by atoms with van der Waals surface area (Å²) in [6.07, 6.45) is 3.10. The lowest BCUT2D eigenvalue weighted by molar-refractivity contribution is 0.102. The van der Waals surface area contributed by atoms with Gasteiger partial charge in [-0.25, -0.2) is 9.07 Å². The predicted octanol–water partition coefficient (Wildman–Crippen LogP) is 4.88. The Hall–Kier alpha value is -2.24. The van der Waals surface area contributed by atoms with Gasteiger partial charge in [0.15, 0.2) is 0 Å². The maximum atomic E-state index is 15.2. The summed E-state index contributed by atoms with van der Waals surface area (Å²) in [4.78, 5) is 12.5. The monoisotopic (exact) mass is 349 g/mol. The zero-order valence-corrected chi connectivity index (χ0v) is 15.2. The van der Waals surface area contributed by atoms with Gasteiger partial charge in [-0.2, -0.15) is 9.49 Å². The van der Waals surface area contributed by atoms with E-state index in [0.717, 1.165) is 23.9 Å². The van der Waals surface area contributed by atoms with Gasteiger partial charge in [0.2, 0.25) is 5.95 Å². The van der Waals surface area contributed by atoms with E-state index in [4.69, 9.17) is 0 Å². The molecule has 2 rings (SSSR count). The van der Waals surface area contributed by atoms with Gasteiger partial charge in [-0.15, -0.1) is 0 Å². The molecule has 0 aliphatic heterocycles. The fraction of sp³-hybridized carbons (Fsp3) is 0.474. The smallest absolute Gasteiger partial charge is 0.262 e. The second-order valence-corrected chi connectivity index (χ2v) is 6.53. The van der Waals surface area contributed by atoms with Crippen molar-refractivity contribution in [3.8, 4) is 0 Å². The van der Waals surface area contributed by atoms with E-state index in [-0.39, 0.29) is 5.56 Å². The number of hydrogen-bond donors (Lipinski definition) is 1. The van der Waals surface area contributed by atoms with Crippen molar-refractivity contribution >= 4 is 11.6 Å².